The molecule has 38 heteroatoms. The van der Waals surface area contributed by atoms with Crippen LogP contribution in [0.25, 0.3) is 0 Å². The summed E-state index contributed by atoms with van der Waals surface area (Å²) in [5, 5.41) is 56.7. The van der Waals surface area contributed by atoms with Crippen molar-refractivity contribution in [3.63, 3.8) is 0 Å². The third-order valence-corrected chi connectivity index (χ3v) is 27.7. The molecule has 12 N–H and O–H groups in total. The molecule has 16 atom stereocenters. The summed E-state index contributed by atoms with van der Waals surface area (Å²) in [7, 11) is -4.65. The molecule has 8 rings (SSSR count). The Balaban J connectivity index is 0.000000229. The van der Waals surface area contributed by atoms with Crippen LogP contribution in [0, 0.1) is 11.8 Å². The third kappa shape index (κ3) is 15.3. The van der Waals surface area contributed by atoms with Crippen LogP contribution < -0.4 is 45.3 Å². The smallest absolute Gasteiger partial charge is 0.351 e. The highest BCUT2D eigenvalue weighted by Gasteiger charge is 2.64. The first kappa shape index (κ1) is 78.8. The quantitative estimate of drug-likeness (QED) is 0.0569. The second-order valence-electron chi connectivity index (χ2n) is 26.3. The molecule has 4 aromatic heterocycles. The summed E-state index contributed by atoms with van der Waals surface area (Å²) in [6.45, 7) is 24.8. The van der Waals surface area contributed by atoms with E-state index in [9.17, 15) is 84.3 Å². The molecule has 0 aliphatic carbocycles. The topological polar surface area (TPSA) is 408 Å². The van der Waals surface area contributed by atoms with Gasteiger partial charge in [-0.3, -0.25) is 37.8 Å². The number of hydrogen-bond donors (Lipinski definition) is 10. The average molecular weight is 1400 g/mol. The largest absolute Gasteiger partial charge is 0.409 e. The molecule has 94 heavy (non-hydrogen) atoms. The van der Waals surface area contributed by atoms with Crippen molar-refractivity contribution in [3.05, 3.63) is 112 Å². The Morgan fingerprint density at radius 3 is 1.06 bits per heavy atom. The molecule has 4 fully saturated rings. The van der Waals surface area contributed by atoms with Gasteiger partial charge in [0.25, 0.3) is 36.8 Å². The maximum atomic E-state index is 14.0. The first-order chi connectivity index (χ1) is 43.2. The molecule has 532 valence electrons. The number of aromatic amines is 2. The third-order valence-electron chi connectivity index (χ3n) is 18.7. The number of ether oxygens (including phenoxy) is 4. The number of hydrogen-bond acceptors (Lipinski definition) is 22. The lowest BCUT2D eigenvalue weighted by atomic mass is 9.85. The van der Waals surface area contributed by atoms with Gasteiger partial charge >= 0.3 is 22.8 Å². The van der Waals surface area contributed by atoms with E-state index in [4.69, 9.17) is 49.5 Å². The fourth-order valence-corrected chi connectivity index (χ4v) is 13.3. The number of rotatable bonds is 16. The number of aromatic nitrogens is 8. The zero-order valence-electron chi connectivity index (χ0n) is 54.1. The molecule has 4 aliphatic heterocycles. The van der Waals surface area contributed by atoms with E-state index in [-0.39, 0.29) is 34.6 Å². The van der Waals surface area contributed by atoms with Gasteiger partial charge in [0, 0.05) is 48.8 Å². The number of halogens is 8. The Labute approximate surface area is 534 Å². The van der Waals surface area contributed by atoms with Gasteiger partial charge in [-0.1, -0.05) is 69.2 Å². The van der Waals surface area contributed by atoms with Gasteiger partial charge in [0.05, 0.1) is 25.4 Å². The second-order valence-corrected chi connectivity index (χ2v) is 35.8. The monoisotopic (exact) mass is 1390 g/mol. The number of nitrogens with one attached hydrogen (secondary N) is 2. The Bertz CT molecular complexity index is 3590. The Morgan fingerprint density at radius 2 is 0.798 bits per heavy atom. The summed E-state index contributed by atoms with van der Waals surface area (Å²) in [4.78, 5) is 81.2. The molecular weight excluding hydrogens is 1310 g/mol. The maximum Gasteiger partial charge on any atom is 0.351 e. The lowest BCUT2D eigenvalue weighted by molar-refractivity contribution is -0.196. The van der Waals surface area contributed by atoms with E-state index in [0.29, 0.717) is 9.13 Å². The number of nitrogen functional groups attached to an aromatic ring is 2. The Kier molecular flexibility index (Phi) is 24.7. The normalized spacial score (nSPS) is 31.3. The minimum absolute atomic E-state index is 0.0692. The van der Waals surface area contributed by atoms with Crippen LogP contribution in [0.2, 0.25) is 36.3 Å². The van der Waals surface area contributed by atoms with Crippen LogP contribution >= 0.6 is 0 Å². The highest BCUT2D eigenvalue weighted by Crippen LogP contribution is 2.53. The van der Waals surface area contributed by atoms with Crippen LogP contribution in [0.1, 0.15) is 107 Å². The first-order valence-corrected chi connectivity index (χ1v) is 35.5. The van der Waals surface area contributed by atoms with Crippen molar-refractivity contribution in [2.45, 2.75) is 228 Å². The minimum Gasteiger partial charge on any atom is -0.409 e. The Hall–Kier alpha value is -5.89. The molecule has 4 saturated heterocycles. The van der Waals surface area contributed by atoms with Gasteiger partial charge in [-0.2, -0.15) is 9.97 Å². The van der Waals surface area contributed by atoms with Crippen LogP contribution in [-0.4, -0.2) is 183 Å². The first-order valence-electron chi connectivity index (χ1n) is 29.7. The molecule has 0 aromatic carbocycles. The number of anilines is 2. The molecule has 4 aromatic rings. The van der Waals surface area contributed by atoms with Crippen LogP contribution in [0.15, 0.2) is 77.8 Å². The van der Waals surface area contributed by atoms with Crippen LogP contribution in [0.4, 0.5) is 46.8 Å². The molecular formula is C56H86F8N10O18Si2. The lowest BCUT2D eigenvalue weighted by Crippen LogP contribution is -2.52. The van der Waals surface area contributed by atoms with Crippen molar-refractivity contribution >= 4 is 28.3 Å². The van der Waals surface area contributed by atoms with E-state index in [2.05, 4.69) is 69.6 Å². The van der Waals surface area contributed by atoms with Crippen molar-refractivity contribution in [2.24, 2.45) is 11.8 Å². The molecule has 4 aliphatic rings. The number of H-pyrrole nitrogens is 2. The van der Waals surface area contributed by atoms with Crippen molar-refractivity contribution in [2.75, 3.05) is 24.7 Å². The Morgan fingerprint density at radius 1 is 0.521 bits per heavy atom. The van der Waals surface area contributed by atoms with Gasteiger partial charge in [0.15, 0.2) is 52.7 Å². The van der Waals surface area contributed by atoms with E-state index in [0.717, 1.165) is 23.0 Å². The summed E-state index contributed by atoms with van der Waals surface area (Å²) in [6.07, 6.45) is -21.7. The van der Waals surface area contributed by atoms with Crippen molar-refractivity contribution in [1.82, 2.24) is 38.2 Å². The number of aliphatic hydroxyl groups excluding tert-OH is 6. The zero-order chi connectivity index (χ0) is 71.7. The molecule has 0 saturated carbocycles. The standard InChI is InChI=1S/C18H31F2N3O3Si.C18H30F2N2O4Si.C10H13F2N3O5.C10H12F2N2O6/c1-8-18(15(19)20)11(2)13(26-27(6,7)17(3,4)5)14(25-18)23-10-9-12(21)22-16(23)24;1-8-18(15(19)20)11(2)13(26-27(6,7)17(3,4)5)14(25-18)22-10-9-12(23)21-16(22)24;11-8(12)10(3-16)6(18)5(17)7(20-10)15-2-1-4(13)14-9(15)19;11-8(12)10(3-15)6(18)5(17)7(20-10)14-2-1-4(16)13-9(14)19/h9-11,13-15H,8H2,1-7H3,(H2,21,22,24);9-11,13-15H,8H2,1-7H3,(H,21,23,24);1-2,5-8,16-18H,3H2,(H2,13,14,19);1-2,5-8,15,17-18H,3H2,(H,13,16,19)/t2*11-,13-,14+,18+;2*5-,6-,7+,10+/m0000/s1. The minimum atomic E-state index is -3.29. The summed E-state index contributed by atoms with van der Waals surface area (Å²) >= 11 is 0. The number of nitrogens with zero attached hydrogens (tertiary/aromatic N) is 6. The molecule has 28 nitrogen and oxygen atoms in total. The predicted molar refractivity (Wildman–Crippen MR) is 325 cm³/mol. The zero-order valence-corrected chi connectivity index (χ0v) is 56.1. The number of aliphatic hydroxyl groups is 6. The average Bonchev–Trinajstić information content (AvgIpc) is 1.61. The van der Waals surface area contributed by atoms with Gasteiger partial charge in [-0.05, 0) is 61.2 Å². The van der Waals surface area contributed by atoms with E-state index in [1.165, 1.54) is 35.2 Å². The van der Waals surface area contributed by atoms with Crippen LogP contribution in [-0.2, 0) is 27.8 Å². The van der Waals surface area contributed by atoms with Crippen LogP contribution in [0.3, 0.4) is 0 Å². The molecule has 0 unspecified atom stereocenters. The summed E-state index contributed by atoms with van der Waals surface area (Å²) in [5.41, 5.74) is -2.48. The summed E-state index contributed by atoms with van der Waals surface area (Å²) < 4.78 is 146. The van der Waals surface area contributed by atoms with Crippen molar-refractivity contribution in [1.29, 1.82) is 0 Å². The maximum absolute atomic E-state index is 14.0. The molecule has 0 radical (unpaired) electrons. The molecule has 0 bridgehead atoms. The van der Waals surface area contributed by atoms with Gasteiger partial charge in [-0.15, -0.1) is 0 Å². The second kappa shape index (κ2) is 29.4. The summed E-state index contributed by atoms with van der Waals surface area (Å²) in [6, 6.07) is 4.75. The molecule has 0 spiro atoms. The van der Waals surface area contributed by atoms with Crippen molar-refractivity contribution in [3.8, 4) is 0 Å². The fourth-order valence-electron chi connectivity index (χ4n) is 10.6. The van der Waals surface area contributed by atoms with E-state index in [1.807, 2.05) is 18.1 Å². The van der Waals surface area contributed by atoms with E-state index in [1.54, 1.807) is 27.7 Å². The van der Waals surface area contributed by atoms with Gasteiger partial charge in [0.2, 0.25) is 0 Å². The highest BCUT2D eigenvalue weighted by molar-refractivity contribution is 6.74. The van der Waals surface area contributed by atoms with E-state index < -0.39 is 185 Å². The number of alkyl halides is 8. The van der Waals surface area contributed by atoms with Gasteiger partial charge in [0.1, 0.15) is 47.3 Å². The molecule has 8 heterocycles. The van der Waals surface area contributed by atoms with Crippen molar-refractivity contribution < 1.29 is 93.6 Å². The molecule has 0 amide bonds. The highest BCUT2D eigenvalue weighted by atomic mass is 28.4. The van der Waals surface area contributed by atoms with Crippen LogP contribution in [0.5, 0.6) is 0 Å². The predicted octanol–water partition coefficient (Wildman–Crippen LogP) is 3.16. The summed E-state index contributed by atoms with van der Waals surface area (Å²) in [5.74, 6) is -1.27. The lowest BCUT2D eigenvalue weighted by Gasteiger charge is -2.41. The SMILES string of the molecule is CC[C@@]1(C(F)F)O[C@@H](n2ccc(=O)[nH]c2=O)[C@@H](O[Si](C)(C)C(C)(C)C)[C@@H]1C.CC[C@@]1(C(F)F)O[C@@H](n2ccc(N)nc2=O)[C@@H](O[Si](C)(C)C(C)(C)C)[C@@H]1C.Nc1ccn([C@@H]2O[C@@](CO)(C(F)F)[C@@H](O)[C@@H]2O)c(=O)n1.O=c1ccn([C@@H]2O[C@@](CO)(C(F)F)[C@@H](O)[C@@H]2O)c(=O)[nH]1. The fraction of sp³-hybridized carbons (Fsp3) is 0.714. The van der Waals surface area contributed by atoms with E-state index >= 15 is 0 Å². The number of nitrogens with two attached hydrogens (primary N) is 2. The van der Waals surface area contributed by atoms with Gasteiger partial charge in [-0.25, -0.2) is 54.3 Å². The van der Waals surface area contributed by atoms with Gasteiger partial charge < -0.3 is 69.9 Å².